The maximum Gasteiger partial charge on any atom is 0.232 e. The van der Waals surface area contributed by atoms with E-state index < -0.39 is 12.1 Å². The SMILES string of the molecule is CC(O)C(N)CN1C(=O)C2CCC(C2)C1=O. The minimum atomic E-state index is -0.708. The second kappa shape index (κ2) is 4.14. The first-order valence-electron chi connectivity index (χ1n) is 5.79. The first-order valence-corrected chi connectivity index (χ1v) is 5.79. The van der Waals surface area contributed by atoms with E-state index in [4.69, 9.17) is 5.73 Å². The molecule has 2 amide bonds. The van der Waals surface area contributed by atoms with Crippen LogP contribution in [0.2, 0.25) is 0 Å². The van der Waals surface area contributed by atoms with E-state index in [1.165, 1.54) is 4.90 Å². The van der Waals surface area contributed by atoms with E-state index in [1.54, 1.807) is 6.92 Å². The van der Waals surface area contributed by atoms with Gasteiger partial charge in [0.15, 0.2) is 0 Å². The molecule has 5 nitrogen and oxygen atoms in total. The van der Waals surface area contributed by atoms with Crippen LogP contribution >= 0.6 is 0 Å². The summed E-state index contributed by atoms with van der Waals surface area (Å²) in [5.41, 5.74) is 5.69. The van der Waals surface area contributed by atoms with Crippen molar-refractivity contribution in [3.63, 3.8) is 0 Å². The molecule has 90 valence electrons. The Balaban J connectivity index is 2.08. The summed E-state index contributed by atoms with van der Waals surface area (Å²) in [4.78, 5) is 25.1. The number of piperidine rings is 1. The minimum absolute atomic E-state index is 0.00361. The van der Waals surface area contributed by atoms with Gasteiger partial charge in [-0.05, 0) is 26.2 Å². The highest BCUT2D eigenvalue weighted by Crippen LogP contribution is 2.38. The molecule has 1 aliphatic heterocycles. The zero-order valence-electron chi connectivity index (χ0n) is 9.43. The number of nitrogens with zero attached hydrogens (tertiary/aromatic N) is 1. The lowest BCUT2D eigenvalue weighted by molar-refractivity contribution is -0.153. The van der Waals surface area contributed by atoms with Gasteiger partial charge in [0.1, 0.15) is 0 Å². The molecule has 3 N–H and O–H groups in total. The van der Waals surface area contributed by atoms with E-state index in [1.807, 2.05) is 0 Å². The van der Waals surface area contributed by atoms with Crippen molar-refractivity contribution in [2.24, 2.45) is 17.6 Å². The van der Waals surface area contributed by atoms with E-state index in [-0.39, 0.29) is 30.2 Å². The summed E-state index contributed by atoms with van der Waals surface area (Å²) in [6, 6.07) is -0.551. The van der Waals surface area contributed by atoms with Crippen molar-refractivity contribution in [3.8, 4) is 0 Å². The van der Waals surface area contributed by atoms with Crippen LogP contribution in [0.4, 0.5) is 0 Å². The number of carbonyl (C=O) groups excluding carboxylic acids is 2. The van der Waals surface area contributed by atoms with Gasteiger partial charge in [-0.25, -0.2) is 0 Å². The third-order valence-electron chi connectivity index (χ3n) is 3.68. The predicted molar refractivity (Wildman–Crippen MR) is 57.2 cm³/mol. The highest BCUT2D eigenvalue weighted by Gasteiger charge is 2.45. The van der Waals surface area contributed by atoms with Crippen LogP contribution in [0.3, 0.4) is 0 Å². The van der Waals surface area contributed by atoms with Crippen molar-refractivity contribution >= 4 is 11.8 Å². The number of hydrogen-bond donors (Lipinski definition) is 2. The van der Waals surface area contributed by atoms with Crippen molar-refractivity contribution in [2.45, 2.75) is 38.3 Å². The molecule has 2 fully saturated rings. The van der Waals surface area contributed by atoms with Crippen LogP contribution in [0.15, 0.2) is 0 Å². The Kier molecular flexibility index (Phi) is 2.99. The molecule has 2 bridgehead atoms. The summed E-state index contributed by atoms with van der Waals surface area (Å²) in [6.07, 6.45) is 1.63. The summed E-state index contributed by atoms with van der Waals surface area (Å²) < 4.78 is 0. The van der Waals surface area contributed by atoms with Crippen LogP contribution in [0.5, 0.6) is 0 Å². The molecule has 5 heteroatoms. The molecular formula is C11H18N2O3. The van der Waals surface area contributed by atoms with Gasteiger partial charge in [0, 0.05) is 24.4 Å². The van der Waals surface area contributed by atoms with Gasteiger partial charge in [-0.2, -0.15) is 0 Å². The number of carbonyl (C=O) groups is 2. The molecule has 1 aliphatic carbocycles. The van der Waals surface area contributed by atoms with Crippen LogP contribution in [-0.2, 0) is 9.59 Å². The lowest BCUT2D eigenvalue weighted by Crippen LogP contribution is -2.53. The molecule has 16 heavy (non-hydrogen) atoms. The standard InChI is InChI=1S/C11H18N2O3/c1-6(14)9(12)5-13-10(15)7-2-3-8(4-7)11(13)16/h6-9,14H,2-5,12H2,1H3. The zero-order chi connectivity index (χ0) is 11.9. The summed E-state index contributed by atoms with van der Waals surface area (Å²) in [6.45, 7) is 1.71. The first kappa shape index (κ1) is 11.5. The quantitative estimate of drug-likeness (QED) is 0.634. The van der Waals surface area contributed by atoms with E-state index in [2.05, 4.69) is 0 Å². The number of hydrogen-bond acceptors (Lipinski definition) is 4. The largest absolute Gasteiger partial charge is 0.392 e. The van der Waals surface area contributed by atoms with Crippen LogP contribution < -0.4 is 5.73 Å². The lowest BCUT2D eigenvalue weighted by atomic mass is 9.96. The molecule has 2 aliphatic rings. The Hall–Kier alpha value is -0.940. The number of likely N-dealkylation sites (tertiary alicyclic amines) is 1. The number of fused-ring (bicyclic) bond motifs is 2. The van der Waals surface area contributed by atoms with Crippen LogP contribution in [0, 0.1) is 11.8 Å². The molecule has 2 rings (SSSR count). The predicted octanol–water partition coefficient (Wildman–Crippen LogP) is -0.520. The van der Waals surface area contributed by atoms with Gasteiger partial charge in [-0.1, -0.05) is 0 Å². The number of aliphatic hydroxyl groups excluding tert-OH is 1. The van der Waals surface area contributed by atoms with Crippen LogP contribution in [-0.4, -0.2) is 40.5 Å². The highest BCUT2D eigenvalue weighted by molar-refractivity contribution is 6.00. The van der Waals surface area contributed by atoms with Crippen LogP contribution in [0.25, 0.3) is 0 Å². The van der Waals surface area contributed by atoms with Gasteiger partial charge >= 0.3 is 0 Å². The van der Waals surface area contributed by atoms with Gasteiger partial charge in [-0.3, -0.25) is 14.5 Å². The molecule has 0 aromatic rings. The molecule has 4 atom stereocenters. The lowest BCUT2D eigenvalue weighted by Gasteiger charge is -2.32. The number of nitrogens with two attached hydrogens (primary N) is 1. The molecule has 1 heterocycles. The molecule has 4 unspecified atom stereocenters. The third kappa shape index (κ3) is 1.85. The molecule has 0 spiro atoms. The van der Waals surface area contributed by atoms with Gasteiger partial charge in [0.2, 0.25) is 11.8 Å². The molecule has 1 saturated heterocycles. The van der Waals surface area contributed by atoms with Crippen molar-refractivity contribution in [1.29, 1.82) is 0 Å². The Morgan fingerprint density at radius 1 is 1.38 bits per heavy atom. The van der Waals surface area contributed by atoms with E-state index in [0.29, 0.717) is 6.42 Å². The molecule has 1 saturated carbocycles. The fraction of sp³-hybridized carbons (Fsp3) is 0.818. The van der Waals surface area contributed by atoms with E-state index in [0.717, 1.165) is 12.8 Å². The summed E-state index contributed by atoms with van der Waals surface area (Å²) in [7, 11) is 0. The van der Waals surface area contributed by atoms with E-state index in [9.17, 15) is 14.7 Å². The Morgan fingerprint density at radius 2 is 1.88 bits per heavy atom. The number of amides is 2. The van der Waals surface area contributed by atoms with Crippen LogP contribution in [0.1, 0.15) is 26.2 Å². The maximum absolute atomic E-state index is 11.9. The topological polar surface area (TPSA) is 83.6 Å². The monoisotopic (exact) mass is 226 g/mol. The number of imide groups is 1. The minimum Gasteiger partial charge on any atom is -0.392 e. The Labute approximate surface area is 94.6 Å². The fourth-order valence-electron chi connectivity index (χ4n) is 2.52. The van der Waals surface area contributed by atoms with Gasteiger partial charge in [-0.15, -0.1) is 0 Å². The van der Waals surface area contributed by atoms with Crippen molar-refractivity contribution in [2.75, 3.05) is 6.54 Å². The second-order valence-electron chi connectivity index (χ2n) is 4.90. The zero-order valence-corrected chi connectivity index (χ0v) is 9.43. The first-order chi connectivity index (χ1) is 7.50. The number of aliphatic hydroxyl groups is 1. The summed E-state index contributed by atoms with van der Waals surface area (Å²) in [5, 5.41) is 9.30. The highest BCUT2D eigenvalue weighted by atomic mass is 16.3. The van der Waals surface area contributed by atoms with Crippen molar-refractivity contribution in [1.82, 2.24) is 4.90 Å². The van der Waals surface area contributed by atoms with Gasteiger partial charge in [0.05, 0.1) is 6.10 Å². The smallest absolute Gasteiger partial charge is 0.232 e. The Morgan fingerprint density at radius 3 is 2.31 bits per heavy atom. The normalized spacial score (nSPS) is 33.1. The molecule has 0 aromatic heterocycles. The van der Waals surface area contributed by atoms with Crippen molar-refractivity contribution in [3.05, 3.63) is 0 Å². The molecular weight excluding hydrogens is 208 g/mol. The summed E-state index contributed by atoms with van der Waals surface area (Å²) >= 11 is 0. The van der Waals surface area contributed by atoms with Gasteiger partial charge in [0.25, 0.3) is 0 Å². The molecule has 0 aromatic carbocycles. The second-order valence-corrected chi connectivity index (χ2v) is 4.90. The maximum atomic E-state index is 11.9. The summed E-state index contributed by atoms with van der Waals surface area (Å²) in [5.74, 6) is -0.197. The molecule has 0 radical (unpaired) electrons. The van der Waals surface area contributed by atoms with Crippen molar-refractivity contribution < 1.29 is 14.7 Å². The fourth-order valence-corrected chi connectivity index (χ4v) is 2.52. The van der Waals surface area contributed by atoms with E-state index >= 15 is 0 Å². The van der Waals surface area contributed by atoms with Gasteiger partial charge < -0.3 is 10.8 Å². The third-order valence-corrected chi connectivity index (χ3v) is 3.68. The average Bonchev–Trinajstić information content (AvgIpc) is 2.68. The number of rotatable bonds is 3. The average molecular weight is 226 g/mol. The Bertz CT molecular complexity index is 294.